The van der Waals surface area contributed by atoms with Gasteiger partial charge in [-0.1, -0.05) is 42.5 Å². The van der Waals surface area contributed by atoms with Crippen LogP contribution >= 0.6 is 12.2 Å². The molecule has 0 spiro atoms. The molecule has 80 valence electrons. The lowest BCUT2D eigenvalue weighted by Crippen LogP contribution is -2.38. The molecule has 1 amide bonds. The van der Waals surface area contributed by atoms with Crippen molar-refractivity contribution in [3.63, 3.8) is 0 Å². The van der Waals surface area contributed by atoms with Gasteiger partial charge in [-0.3, -0.25) is 0 Å². The first-order chi connectivity index (χ1) is 7.24. The van der Waals surface area contributed by atoms with Gasteiger partial charge in [-0.05, 0) is 5.56 Å². The van der Waals surface area contributed by atoms with Crippen molar-refractivity contribution in [2.24, 2.45) is 5.84 Å². The van der Waals surface area contributed by atoms with Crippen molar-refractivity contribution in [2.45, 2.75) is 6.61 Å². The molecule has 1 rings (SSSR count). The first-order valence-electron chi connectivity index (χ1n) is 4.40. The van der Waals surface area contributed by atoms with E-state index in [1.807, 2.05) is 30.3 Å². The van der Waals surface area contributed by atoms with Gasteiger partial charge in [0, 0.05) is 5.37 Å². The van der Waals surface area contributed by atoms with Gasteiger partial charge in [-0.2, -0.15) is 0 Å². The predicted octanol–water partition coefficient (Wildman–Crippen LogP) is 1.50. The van der Waals surface area contributed by atoms with Gasteiger partial charge in [0.2, 0.25) is 0 Å². The number of ether oxygens (including phenoxy) is 1. The minimum absolute atomic E-state index is 0.197. The average Bonchev–Trinajstić information content (AvgIpc) is 2.27. The maximum absolute atomic E-state index is 11.2. The standard InChI is InChI=1S/C10H12N2O2S/c11-12(6-7-15)10(13)14-8-9-4-2-1-3-5-9/h1-5,7H,6,8,11H2. The quantitative estimate of drug-likeness (QED) is 0.364. The summed E-state index contributed by atoms with van der Waals surface area (Å²) >= 11 is 4.57. The second kappa shape index (κ2) is 6.10. The third-order valence-electron chi connectivity index (χ3n) is 1.71. The molecule has 0 unspecified atom stereocenters. The summed E-state index contributed by atoms with van der Waals surface area (Å²) < 4.78 is 4.94. The molecule has 0 saturated carbocycles. The van der Waals surface area contributed by atoms with Crippen LogP contribution in [0.3, 0.4) is 0 Å². The highest BCUT2D eigenvalue weighted by Crippen LogP contribution is 2.01. The van der Waals surface area contributed by atoms with E-state index in [0.29, 0.717) is 0 Å². The van der Waals surface area contributed by atoms with E-state index >= 15 is 0 Å². The summed E-state index contributed by atoms with van der Waals surface area (Å²) in [5.74, 6) is 5.35. The molecule has 5 heteroatoms. The van der Waals surface area contributed by atoms with Gasteiger partial charge in [0.15, 0.2) is 0 Å². The molecule has 4 nitrogen and oxygen atoms in total. The lowest BCUT2D eigenvalue weighted by Gasteiger charge is -2.13. The van der Waals surface area contributed by atoms with Crippen LogP contribution in [0.2, 0.25) is 0 Å². The zero-order valence-electron chi connectivity index (χ0n) is 8.13. The van der Waals surface area contributed by atoms with E-state index in [4.69, 9.17) is 10.6 Å². The molecule has 0 fully saturated rings. The van der Waals surface area contributed by atoms with Gasteiger partial charge in [0.05, 0.1) is 6.54 Å². The van der Waals surface area contributed by atoms with Gasteiger partial charge >= 0.3 is 6.09 Å². The number of hydrogen-bond donors (Lipinski definition) is 1. The number of nitrogens with two attached hydrogens (primary N) is 1. The van der Waals surface area contributed by atoms with Crippen molar-refractivity contribution in [1.29, 1.82) is 0 Å². The number of nitrogens with zero attached hydrogens (tertiary/aromatic N) is 1. The first-order valence-corrected chi connectivity index (χ1v) is 4.87. The summed E-state index contributed by atoms with van der Waals surface area (Å²) in [5, 5.41) is 2.29. The molecule has 0 aliphatic rings. The SMILES string of the molecule is NN(CC=S)C(=O)OCc1ccccc1. The Balaban J connectivity index is 2.37. The normalized spacial score (nSPS) is 9.40. The predicted molar refractivity (Wildman–Crippen MR) is 61.2 cm³/mol. The fraction of sp³-hybridized carbons (Fsp3) is 0.200. The Hall–Kier alpha value is -1.46. The Labute approximate surface area is 93.6 Å². The molecule has 1 aromatic rings. The highest BCUT2D eigenvalue weighted by molar-refractivity contribution is 7.79. The molecule has 0 radical (unpaired) electrons. The number of rotatable bonds is 4. The Kier molecular flexibility index (Phi) is 4.73. The molecule has 0 heterocycles. The summed E-state index contributed by atoms with van der Waals surface area (Å²) in [7, 11) is 0. The van der Waals surface area contributed by atoms with Gasteiger partial charge in [-0.25, -0.2) is 15.6 Å². The van der Waals surface area contributed by atoms with E-state index in [1.165, 1.54) is 5.37 Å². The van der Waals surface area contributed by atoms with Crippen LogP contribution in [0.5, 0.6) is 0 Å². The summed E-state index contributed by atoms with van der Waals surface area (Å²) in [5.41, 5.74) is 0.918. The Morgan fingerprint density at radius 1 is 1.47 bits per heavy atom. The van der Waals surface area contributed by atoms with Gasteiger partial charge in [0.25, 0.3) is 0 Å². The third-order valence-corrected chi connectivity index (χ3v) is 1.86. The molecule has 0 atom stereocenters. The summed E-state index contributed by atoms with van der Waals surface area (Å²) in [4.78, 5) is 11.2. The second-order valence-corrected chi connectivity index (χ2v) is 3.19. The van der Waals surface area contributed by atoms with Gasteiger partial charge < -0.3 is 4.74 Å². The molecule has 1 aromatic carbocycles. The van der Waals surface area contributed by atoms with Crippen molar-refractivity contribution in [1.82, 2.24) is 5.01 Å². The van der Waals surface area contributed by atoms with Crippen molar-refractivity contribution >= 4 is 23.7 Å². The van der Waals surface area contributed by atoms with Crippen LogP contribution in [-0.2, 0) is 11.3 Å². The minimum Gasteiger partial charge on any atom is -0.444 e. The second-order valence-electron chi connectivity index (χ2n) is 2.86. The molecule has 0 saturated heterocycles. The minimum atomic E-state index is -0.583. The lowest BCUT2D eigenvalue weighted by molar-refractivity contribution is 0.102. The average molecular weight is 224 g/mol. The maximum Gasteiger partial charge on any atom is 0.424 e. The van der Waals surface area contributed by atoms with Crippen molar-refractivity contribution < 1.29 is 9.53 Å². The zero-order valence-corrected chi connectivity index (χ0v) is 8.94. The monoisotopic (exact) mass is 224 g/mol. The van der Waals surface area contributed by atoms with E-state index in [9.17, 15) is 4.79 Å². The largest absolute Gasteiger partial charge is 0.444 e. The fourth-order valence-corrected chi connectivity index (χ4v) is 1.12. The molecule has 0 bridgehead atoms. The van der Waals surface area contributed by atoms with Gasteiger partial charge in [-0.15, -0.1) is 0 Å². The maximum atomic E-state index is 11.2. The fourth-order valence-electron chi connectivity index (χ4n) is 0.957. The number of hydrogen-bond acceptors (Lipinski definition) is 4. The number of carbonyl (C=O) groups excluding carboxylic acids is 1. The summed E-state index contributed by atoms with van der Waals surface area (Å²) in [6.07, 6.45) is -0.583. The van der Waals surface area contributed by atoms with Crippen molar-refractivity contribution in [2.75, 3.05) is 6.54 Å². The number of hydrazine groups is 1. The number of benzene rings is 1. The smallest absolute Gasteiger partial charge is 0.424 e. The van der Waals surface area contributed by atoms with Crippen LogP contribution in [-0.4, -0.2) is 23.0 Å². The van der Waals surface area contributed by atoms with Crippen LogP contribution in [0, 0.1) is 0 Å². The molecule has 0 aromatic heterocycles. The van der Waals surface area contributed by atoms with Crippen LogP contribution < -0.4 is 5.84 Å². The van der Waals surface area contributed by atoms with Gasteiger partial charge in [0.1, 0.15) is 6.61 Å². The van der Waals surface area contributed by atoms with E-state index in [1.54, 1.807) is 0 Å². The zero-order chi connectivity index (χ0) is 11.1. The molecular weight excluding hydrogens is 212 g/mol. The Morgan fingerprint density at radius 3 is 2.73 bits per heavy atom. The summed E-state index contributed by atoms with van der Waals surface area (Å²) in [6.45, 7) is 0.410. The third kappa shape index (κ3) is 4.05. The first kappa shape index (κ1) is 11.6. The van der Waals surface area contributed by atoms with E-state index in [-0.39, 0.29) is 13.2 Å². The van der Waals surface area contributed by atoms with Crippen molar-refractivity contribution in [3.8, 4) is 0 Å². The number of thiocarbonyl (C=S) groups is 1. The molecule has 15 heavy (non-hydrogen) atoms. The van der Waals surface area contributed by atoms with Crippen LogP contribution in [0.4, 0.5) is 4.79 Å². The van der Waals surface area contributed by atoms with E-state index in [2.05, 4.69) is 12.2 Å². The number of amides is 1. The summed E-state index contributed by atoms with van der Waals surface area (Å²) in [6, 6.07) is 9.38. The topological polar surface area (TPSA) is 55.6 Å². The Morgan fingerprint density at radius 2 is 2.13 bits per heavy atom. The van der Waals surface area contributed by atoms with E-state index in [0.717, 1.165) is 10.6 Å². The highest BCUT2D eigenvalue weighted by atomic mass is 32.1. The van der Waals surface area contributed by atoms with Crippen molar-refractivity contribution in [3.05, 3.63) is 35.9 Å². The highest BCUT2D eigenvalue weighted by Gasteiger charge is 2.08. The van der Waals surface area contributed by atoms with Crippen LogP contribution in [0.1, 0.15) is 5.56 Å². The lowest BCUT2D eigenvalue weighted by atomic mass is 10.2. The molecule has 0 aliphatic carbocycles. The molecule has 2 N–H and O–H groups in total. The number of carbonyl (C=O) groups is 1. The van der Waals surface area contributed by atoms with Crippen LogP contribution in [0.15, 0.2) is 30.3 Å². The molecule has 0 aliphatic heterocycles. The molecular formula is C10H12N2O2S. The van der Waals surface area contributed by atoms with Crippen LogP contribution in [0.25, 0.3) is 0 Å². The van der Waals surface area contributed by atoms with E-state index < -0.39 is 6.09 Å². The Bertz CT molecular complexity index is 329.